The Bertz CT molecular complexity index is 308. The highest BCUT2D eigenvalue weighted by Crippen LogP contribution is 2.28. The molecule has 0 aromatic heterocycles. The van der Waals surface area contributed by atoms with E-state index in [2.05, 4.69) is 0 Å². The van der Waals surface area contributed by atoms with E-state index in [1.54, 1.807) is 0 Å². The summed E-state index contributed by atoms with van der Waals surface area (Å²) >= 11 is 0. The minimum absolute atomic E-state index is 0.0176. The van der Waals surface area contributed by atoms with Gasteiger partial charge >= 0.3 is 11.9 Å². The van der Waals surface area contributed by atoms with Crippen LogP contribution in [0.15, 0.2) is 0 Å². The summed E-state index contributed by atoms with van der Waals surface area (Å²) in [6.45, 7) is 2.43. The molecule has 1 atom stereocenters. The zero-order chi connectivity index (χ0) is 15.5. The van der Waals surface area contributed by atoms with Gasteiger partial charge in [-0.3, -0.25) is 9.59 Å². The van der Waals surface area contributed by atoms with Crippen LogP contribution in [0.4, 0.5) is 0 Å². The minimum Gasteiger partial charge on any atom is -0.481 e. The SMILES string of the molecule is CCCCOC(=O)CC(CCCC1CCCCC1)C(=O)O. The monoisotopic (exact) mass is 298 g/mol. The lowest BCUT2D eigenvalue weighted by Gasteiger charge is -2.21. The third-order valence-electron chi connectivity index (χ3n) is 4.41. The van der Waals surface area contributed by atoms with Gasteiger partial charge in [-0.15, -0.1) is 0 Å². The molecule has 21 heavy (non-hydrogen) atoms. The van der Waals surface area contributed by atoms with Crippen molar-refractivity contribution < 1.29 is 19.4 Å². The van der Waals surface area contributed by atoms with Gasteiger partial charge in [-0.05, 0) is 18.8 Å². The van der Waals surface area contributed by atoms with Gasteiger partial charge in [-0.25, -0.2) is 0 Å². The summed E-state index contributed by atoms with van der Waals surface area (Å²) < 4.78 is 5.06. The van der Waals surface area contributed by atoms with Crippen LogP contribution >= 0.6 is 0 Å². The molecule has 1 N–H and O–H groups in total. The quantitative estimate of drug-likeness (QED) is 0.485. The fourth-order valence-electron chi connectivity index (χ4n) is 3.03. The lowest BCUT2D eigenvalue weighted by Crippen LogP contribution is -2.20. The number of carboxylic acid groups (broad SMARTS) is 1. The molecule has 0 spiro atoms. The number of carboxylic acids is 1. The molecule has 1 unspecified atom stereocenters. The summed E-state index contributed by atoms with van der Waals surface area (Å²) in [5.41, 5.74) is 0. The van der Waals surface area contributed by atoms with Crippen LogP contribution in [-0.4, -0.2) is 23.7 Å². The highest BCUT2D eigenvalue weighted by atomic mass is 16.5. The number of hydrogen-bond acceptors (Lipinski definition) is 3. The average molecular weight is 298 g/mol. The van der Waals surface area contributed by atoms with Gasteiger partial charge in [0.15, 0.2) is 0 Å². The molecule has 0 bridgehead atoms. The third kappa shape index (κ3) is 8.08. The molecule has 122 valence electrons. The molecule has 1 fully saturated rings. The van der Waals surface area contributed by atoms with Crippen molar-refractivity contribution in [3.8, 4) is 0 Å². The standard InChI is InChI=1S/C17H30O4/c1-2-3-12-21-16(18)13-15(17(19)20)11-7-10-14-8-5-4-6-9-14/h14-15H,2-13H2,1H3,(H,19,20). The van der Waals surface area contributed by atoms with Gasteiger partial charge in [-0.1, -0.05) is 58.3 Å². The summed E-state index contributed by atoms with van der Waals surface area (Å²) in [7, 11) is 0. The van der Waals surface area contributed by atoms with E-state index in [0.29, 0.717) is 13.0 Å². The highest BCUT2D eigenvalue weighted by Gasteiger charge is 2.22. The molecule has 0 radical (unpaired) electrons. The van der Waals surface area contributed by atoms with E-state index in [1.807, 2.05) is 6.92 Å². The Labute approximate surface area is 128 Å². The Morgan fingerprint density at radius 3 is 2.52 bits per heavy atom. The summed E-state index contributed by atoms with van der Waals surface area (Å²) in [6, 6.07) is 0. The second-order valence-corrected chi connectivity index (χ2v) is 6.25. The topological polar surface area (TPSA) is 63.6 Å². The predicted molar refractivity (Wildman–Crippen MR) is 82.0 cm³/mol. The van der Waals surface area contributed by atoms with Gasteiger partial charge in [-0.2, -0.15) is 0 Å². The third-order valence-corrected chi connectivity index (χ3v) is 4.41. The first kappa shape index (κ1) is 18.0. The maximum absolute atomic E-state index is 11.6. The summed E-state index contributed by atoms with van der Waals surface area (Å²) in [6.07, 6.45) is 11.0. The van der Waals surface area contributed by atoms with Crippen molar-refractivity contribution in [2.45, 2.75) is 77.6 Å². The zero-order valence-corrected chi connectivity index (χ0v) is 13.3. The van der Waals surface area contributed by atoms with Crippen LogP contribution in [0.1, 0.15) is 77.6 Å². The number of ether oxygens (including phenoxy) is 1. The van der Waals surface area contributed by atoms with Gasteiger partial charge in [0.2, 0.25) is 0 Å². The van der Waals surface area contributed by atoms with Crippen LogP contribution in [-0.2, 0) is 14.3 Å². The summed E-state index contributed by atoms with van der Waals surface area (Å²) in [5.74, 6) is -1.05. The average Bonchev–Trinajstić information content (AvgIpc) is 2.47. The Morgan fingerprint density at radius 1 is 1.19 bits per heavy atom. The first-order valence-corrected chi connectivity index (χ1v) is 8.52. The molecule has 4 nitrogen and oxygen atoms in total. The van der Waals surface area contributed by atoms with Crippen molar-refractivity contribution in [3.05, 3.63) is 0 Å². The second kappa shape index (κ2) is 10.6. The van der Waals surface area contributed by atoms with Crippen LogP contribution in [0.25, 0.3) is 0 Å². The number of rotatable bonds is 10. The number of hydrogen-bond donors (Lipinski definition) is 1. The van der Waals surface area contributed by atoms with Gasteiger partial charge in [0.05, 0.1) is 18.9 Å². The second-order valence-electron chi connectivity index (χ2n) is 6.25. The van der Waals surface area contributed by atoms with Crippen LogP contribution in [0, 0.1) is 11.8 Å². The maximum atomic E-state index is 11.6. The van der Waals surface area contributed by atoms with E-state index in [-0.39, 0.29) is 12.4 Å². The first-order chi connectivity index (χ1) is 10.1. The number of aliphatic carboxylic acids is 1. The zero-order valence-electron chi connectivity index (χ0n) is 13.3. The Morgan fingerprint density at radius 2 is 1.90 bits per heavy atom. The predicted octanol–water partition coefficient (Wildman–Crippen LogP) is 4.17. The van der Waals surface area contributed by atoms with Crippen molar-refractivity contribution in [3.63, 3.8) is 0 Å². The molecular formula is C17H30O4. The Kier molecular flexibility index (Phi) is 9.11. The fourth-order valence-corrected chi connectivity index (χ4v) is 3.03. The van der Waals surface area contributed by atoms with E-state index < -0.39 is 11.9 Å². The van der Waals surface area contributed by atoms with Crippen molar-refractivity contribution in [1.82, 2.24) is 0 Å². The maximum Gasteiger partial charge on any atom is 0.307 e. The minimum atomic E-state index is -0.869. The molecule has 1 aliphatic rings. The van der Waals surface area contributed by atoms with E-state index in [4.69, 9.17) is 4.74 Å². The molecule has 0 amide bonds. The first-order valence-electron chi connectivity index (χ1n) is 8.52. The number of carbonyl (C=O) groups excluding carboxylic acids is 1. The molecular weight excluding hydrogens is 268 g/mol. The Balaban J connectivity index is 2.22. The fraction of sp³-hybridized carbons (Fsp3) is 0.882. The smallest absolute Gasteiger partial charge is 0.307 e. The van der Waals surface area contributed by atoms with Crippen LogP contribution in [0.3, 0.4) is 0 Å². The molecule has 1 saturated carbocycles. The molecule has 4 heteroatoms. The number of carbonyl (C=O) groups is 2. The molecule has 1 rings (SSSR count). The van der Waals surface area contributed by atoms with Crippen molar-refractivity contribution in [2.24, 2.45) is 11.8 Å². The van der Waals surface area contributed by atoms with E-state index in [9.17, 15) is 14.7 Å². The highest BCUT2D eigenvalue weighted by molar-refractivity contribution is 5.78. The van der Waals surface area contributed by atoms with Gasteiger partial charge in [0, 0.05) is 0 Å². The van der Waals surface area contributed by atoms with Crippen molar-refractivity contribution in [1.29, 1.82) is 0 Å². The lowest BCUT2D eigenvalue weighted by atomic mass is 9.84. The molecule has 1 aliphatic carbocycles. The van der Waals surface area contributed by atoms with Crippen LogP contribution in [0.2, 0.25) is 0 Å². The van der Waals surface area contributed by atoms with Crippen LogP contribution in [0.5, 0.6) is 0 Å². The Hall–Kier alpha value is -1.06. The molecule has 0 saturated heterocycles. The van der Waals surface area contributed by atoms with E-state index >= 15 is 0 Å². The molecule has 0 aromatic rings. The number of unbranched alkanes of at least 4 members (excludes halogenated alkanes) is 1. The van der Waals surface area contributed by atoms with Gasteiger partial charge in [0.25, 0.3) is 0 Å². The molecule has 0 aromatic carbocycles. The van der Waals surface area contributed by atoms with Gasteiger partial charge in [0.1, 0.15) is 0 Å². The van der Waals surface area contributed by atoms with Crippen LogP contribution < -0.4 is 0 Å². The largest absolute Gasteiger partial charge is 0.481 e. The summed E-state index contributed by atoms with van der Waals surface area (Å²) in [5, 5.41) is 9.22. The summed E-state index contributed by atoms with van der Waals surface area (Å²) in [4.78, 5) is 22.9. The van der Waals surface area contributed by atoms with Crippen molar-refractivity contribution >= 4 is 11.9 Å². The van der Waals surface area contributed by atoms with Crippen molar-refractivity contribution in [2.75, 3.05) is 6.61 Å². The lowest BCUT2D eigenvalue weighted by molar-refractivity contribution is -0.151. The van der Waals surface area contributed by atoms with E-state index in [1.165, 1.54) is 32.1 Å². The van der Waals surface area contributed by atoms with Gasteiger partial charge < -0.3 is 9.84 Å². The molecule has 0 heterocycles. The molecule has 0 aliphatic heterocycles. The normalized spacial score (nSPS) is 17.4. The number of esters is 1. The van der Waals surface area contributed by atoms with E-state index in [0.717, 1.165) is 31.6 Å².